The lowest BCUT2D eigenvalue weighted by Gasteiger charge is -2.41. The summed E-state index contributed by atoms with van der Waals surface area (Å²) in [4.78, 5) is 2.48. The molecule has 1 N–H and O–H groups in total. The van der Waals surface area contributed by atoms with Crippen LogP contribution < -0.4 is 5.32 Å². The summed E-state index contributed by atoms with van der Waals surface area (Å²) in [6.07, 6.45) is 0.872. The molecule has 1 aliphatic heterocycles. The monoisotopic (exact) mass is 314 g/mol. The van der Waals surface area contributed by atoms with Crippen LogP contribution in [0.25, 0.3) is 0 Å². The van der Waals surface area contributed by atoms with Gasteiger partial charge in [-0.3, -0.25) is 4.90 Å². The Morgan fingerprint density at radius 2 is 2.00 bits per heavy atom. The van der Waals surface area contributed by atoms with Crippen LogP contribution in [0.2, 0.25) is 0 Å². The highest BCUT2D eigenvalue weighted by atomic mass is 79.9. The highest BCUT2D eigenvalue weighted by Crippen LogP contribution is 2.23. The van der Waals surface area contributed by atoms with E-state index < -0.39 is 0 Å². The van der Waals surface area contributed by atoms with Crippen molar-refractivity contribution in [1.29, 1.82) is 0 Å². The average molecular weight is 315 g/mol. The zero-order valence-electron chi connectivity index (χ0n) is 11.0. The number of hydrogen-bond acceptors (Lipinski definition) is 2. The maximum absolute atomic E-state index is 13.5. The molecule has 1 fully saturated rings. The summed E-state index contributed by atoms with van der Waals surface area (Å²) in [5, 5.41) is 3.36. The molecule has 2 rings (SSSR count). The fourth-order valence-corrected chi connectivity index (χ4v) is 2.78. The number of benzene rings is 1. The molecule has 0 aromatic heterocycles. The number of hydrogen-bond donors (Lipinski definition) is 1. The van der Waals surface area contributed by atoms with E-state index >= 15 is 0 Å². The van der Waals surface area contributed by atoms with Gasteiger partial charge in [0.2, 0.25) is 0 Å². The summed E-state index contributed by atoms with van der Waals surface area (Å²) in [7, 11) is 0. The molecule has 1 aliphatic rings. The molecule has 0 amide bonds. The first-order valence-electron chi connectivity index (χ1n) is 6.39. The maximum Gasteiger partial charge on any atom is 0.137 e. The van der Waals surface area contributed by atoms with E-state index in [-0.39, 0.29) is 11.4 Å². The Bertz CT molecular complexity index is 414. The van der Waals surface area contributed by atoms with E-state index in [0.717, 1.165) is 38.2 Å². The summed E-state index contributed by atoms with van der Waals surface area (Å²) in [6, 6.07) is 5.42. The third-order valence-corrected chi connectivity index (χ3v) is 4.24. The molecule has 4 heteroatoms. The molecular weight excluding hydrogens is 295 g/mol. The first kappa shape index (κ1) is 14.0. The van der Waals surface area contributed by atoms with Gasteiger partial charge < -0.3 is 5.32 Å². The van der Waals surface area contributed by atoms with E-state index in [4.69, 9.17) is 0 Å². The van der Waals surface area contributed by atoms with Crippen LogP contribution in [0.3, 0.4) is 0 Å². The van der Waals surface area contributed by atoms with Gasteiger partial charge in [0, 0.05) is 31.7 Å². The van der Waals surface area contributed by atoms with Crippen molar-refractivity contribution < 1.29 is 4.39 Å². The molecule has 1 aromatic carbocycles. The van der Waals surface area contributed by atoms with Crippen LogP contribution in [-0.4, -0.2) is 36.6 Å². The molecule has 0 atom stereocenters. The molecular formula is C14H20BrFN2. The predicted molar refractivity (Wildman–Crippen MR) is 76.3 cm³/mol. The summed E-state index contributed by atoms with van der Waals surface area (Å²) in [5.41, 5.74) is 1.13. The van der Waals surface area contributed by atoms with Gasteiger partial charge in [0.1, 0.15) is 5.82 Å². The van der Waals surface area contributed by atoms with Crippen molar-refractivity contribution in [2.24, 2.45) is 0 Å². The predicted octanol–water partition coefficient (Wildman–Crippen LogP) is 2.81. The molecule has 0 aliphatic carbocycles. The Kier molecular flexibility index (Phi) is 4.41. The Hall–Kier alpha value is -0.450. The fraction of sp³-hybridized carbons (Fsp3) is 0.571. The topological polar surface area (TPSA) is 15.3 Å². The SMILES string of the molecule is CC(C)(Cc1ccc(Br)c(F)c1)N1CCNCC1. The number of rotatable bonds is 3. The van der Waals surface area contributed by atoms with Gasteiger partial charge in [0.15, 0.2) is 0 Å². The molecule has 0 saturated carbocycles. The van der Waals surface area contributed by atoms with Crippen LogP contribution in [0, 0.1) is 5.82 Å². The van der Waals surface area contributed by atoms with E-state index in [1.807, 2.05) is 6.07 Å². The standard InChI is InChI=1S/C14H20BrFN2/c1-14(2,18-7-5-17-6-8-18)10-11-3-4-12(15)13(16)9-11/h3-4,9,17H,5-8,10H2,1-2H3. The van der Waals surface area contributed by atoms with Gasteiger partial charge >= 0.3 is 0 Å². The van der Waals surface area contributed by atoms with Crippen molar-refractivity contribution in [3.63, 3.8) is 0 Å². The van der Waals surface area contributed by atoms with Crippen LogP contribution in [0.5, 0.6) is 0 Å². The van der Waals surface area contributed by atoms with Crippen molar-refractivity contribution >= 4 is 15.9 Å². The van der Waals surface area contributed by atoms with Gasteiger partial charge in [0.05, 0.1) is 4.47 Å². The van der Waals surface area contributed by atoms with Gasteiger partial charge in [-0.25, -0.2) is 4.39 Å². The van der Waals surface area contributed by atoms with Gasteiger partial charge in [-0.1, -0.05) is 6.07 Å². The minimum absolute atomic E-state index is 0.0718. The van der Waals surface area contributed by atoms with E-state index in [1.165, 1.54) is 0 Å². The largest absolute Gasteiger partial charge is 0.314 e. The van der Waals surface area contributed by atoms with Crippen LogP contribution >= 0.6 is 15.9 Å². The molecule has 1 saturated heterocycles. The van der Waals surface area contributed by atoms with Crippen LogP contribution in [0.4, 0.5) is 4.39 Å². The van der Waals surface area contributed by atoms with Crippen molar-refractivity contribution in [3.8, 4) is 0 Å². The summed E-state index contributed by atoms with van der Waals surface area (Å²) >= 11 is 3.19. The van der Waals surface area contributed by atoms with E-state index in [1.54, 1.807) is 12.1 Å². The Balaban J connectivity index is 2.08. The summed E-state index contributed by atoms with van der Waals surface area (Å²) in [5.74, 6) is -0.177. The quantitative estimate of drug-likeness (QED) is 0.923. The number of nitrogens with one attached hydrogen (secondary N) is 1. The fourth-order valence-electron chi connectivity index (χ4n) is 2.53. The van der Waals surface area contributed by atoms with E-state index in [0.29, 0.717) is 4.47 Å². The van der Waals surface area contributed by atoms with Crippen LogP contribution in [0.1, 0.15) is 19.4 Å². The Labute approximate surface area is 117 Å². The molecule has 0 bridgehead atoms. The third kappa shape index (κ3) is 3.31. The molecule has 1 heterocycles. The second kappa shape index (κ2) is 5.68. The number of nitrogens with zero attached hydrogens (tertiary/aromatic N) is 1. The van der Waals surface area contributed by atoms with Gasteiger partial charge in [0.25, 0.3) is 0 Å². The maximum atomic E-state index is 13.5. The molecule has 2 nitrogen and oxygen atoms in total. The van der Waals surface area contributed by atoms with Gasteiger partial charge in [-0.05, 0) is 53.9 Å². The lowest BCUT2D eigenvalue weighted by molar-refractivity contribution is 0.103. The molecule has 0 spiro atoms. The van der Waals surface area contributed by atoms with E-state index in [9.17, 15) is 4.39 Å². The molecule has 0 unspecified atom stereocenters. The second-order valence-electron chi connectivity index (χ2n) is 5.47. The number of piperazine rings is 1. The van der Waals surface area contributed by atoms with Crippen molar-refractivity contribution in [1.82, 2.24) is 10.2 Å². The second-order valence-corrected chi connectivity index (χ2v) is 6.33. The van der Waals surface area contributed by atoms with Gasteiger partial charge in [-0.15, -0.1) is 0 Å². The highest BCUT2D eigenvalue weighted by molar-refractivity contribution is 9.10. The first-order chi connectivity index (χ1) is 8.49. The number of halogens is 2. The average Bonchev–Trinajstić information content (AvgIpc) is 2.35. The minimum atomic E-state index is -0.177. The molecule has 18 heavy (non-hydrogen) atoms. The van der Waals surface area contributed by atoms with Crippen LogP contribution in [-0.2, 0) is 6.42 Å². The van der Waals surface area contributed by atoms with Crippen LogP contribution in [0.15, 0.2) is 22.7 Å². The Morgan fingerprint density at radius 1 is 1.33 bits per heavy atom. The zero-order chi connectivity index (χ0) is 13.2. The van der Waals surface area contributed by atoms with E-state index in [2.05, 4.69) is 40.0 Å². The first-order valence-corrected chi connectivity index (χ1v) is 7.18. The summed E-state index contributed by atoms with van der Waals surface area (Å²) in [6.45, 7) is 8.67. The molecule has 100 valence electrons. The molecule has 0 radical (unpaired) electrons. The lowest BCUT2D eigenvalue weighted by atomic mass is 9.92. The van der Waals surface area contributed by atoms with Crippen molar-refractivity contribution in [2.75, 3.05) is 26.2 Å². The van der Waals surface area contributed by atoms with Gasteiger partial charge in [-0.2, -0.15) is 0 Å². The lowest BCUT2D eigenvalue weighted by Crippen LogP contribution is -2.54. The van der Waals surface area contributed by atoms with Crippen molar-refractivity contribution in [3.05, 3.63) is 34.1 Å². The highest BCUT2D eigenvalue weighted by Gasteiger charge is 2.28. The Morgan fingerprint density at radius 3 is 2.61 bits per heavy atom. The molecule has 1 aromatic rings. The minimum Gasteiger partial charge on any atom is -0.314 e. The third-order valence-electron chi connectivity index (χ3n) is 3.59. The van der Waals surface area contributed by atoms with Crippen molar-refractivity contribution in [2.45, 2.75) is 25.8 Å². The summed E-state index contributed by atoms with van der Waals surface area (Å²) < 4.78 is 14.1. The smallest absolute Gasteiger partial charge is 0.137 e. The zero-order valence-corrected chi connectivity index (χ0v) is 12.6. The normalized spacial score (nSPS) is 18.0.